The zero-order valence-electron chi connectivity index (χ0n) is 11.5. The molecule has 0 amide bonds. The molecule has 0 heterocycles. The fourth-order valence-electron chi connectivity index (χ4n) is 3.68. The Balaban J connectivity index is 1.85. The number of rotatable bonds is 3. The van der Waals surface area contributed by atoms with Crippen molar-refractivity contribution in [1.82, 2.24) is 0 Å². The molecule has 0 radical (unpaired) electrons. The van der Waals surface area contributed by atoms with Crippen LogP contribution in [-0.2, 0) is 5.41 Å². The van der Waals surface area contributed by atoms with E-state index in [0.717, 1.165) is 5.92 Å². The van der Waals surface area contributed by atoms with Crippen LogP contribution in [0.5, 0.6) is 0 Å². The van der Waals surface area contributed by atoms with E-state index in [1.807, 2.05) is 0 Å². The number of hydrogen-bond acceptors (Lipinski definition) is 1. The van der Waals surface area contributed by atoms with Gasteiger partial charge in [0.05, 0.1) is 0 Å². The van der Waals surface area contributed by atoms with E-state index in [2.05, 4.69) is 31.2 Å². The molecule has 0 saturated heterocycles. The first kappa shape index (κ1) is 12.2. The summed E-state index contributed by atoms with van der Waals surface area (Å²) in [5.41, 5.74) is 9.57. The minimum Gasteiger partial charge on any atom is -0.327 e. The minimum atomic E-state index is 0.291. The summed E-state index contributed by atoms with van der Waals surface area (Å²) in [6.45, 7) is 2.17. The van der Waals surface area contributed by atoms with Crippen LogP contribution in [0.15, 0.2) is 24.3 Å². The van der Waals surface area contributed by atoms with E-state index in [-0.39, 0.29) is 0 Å². The lowest BCUT2D eigenvalue weighted by molar-refractivity contribution is 0.442. The maximum atomic E-state index is 6.19. The summed E-state index contributed by atoms with van der Waals surface area (Å²) in [6, 6.07) is 9.63. The Morgan fingerprint density at radius 1 is 1.17 bits per heavy atom. The van der Waals surface area contributed by atoms with Gasteiger partial charge in [0.25, 0.3) is 0 Å². The predicted molar refractivity (Wildman–Crippen MR) is 76.8 cm³/mol. The number of benzene rings is 1. The minimum absolute atomic E-state index is 0.291. The molecule has 2 aliphatic rings. The summed E-state index contributed by atoms with van der Waals surface area (Å²) < 4.78 is 0. The molecule has 18 heavy (non-hydrogen) atoms. The normalized spacial score (nSPS) is 24.8. The third kappa shape index (κ3) is 2.09. The molecule has 2 saturated carbocycles. The second-order valence-electron chi connectivity index (χ2n) is 6.41. The Kier molecular flexibility index (Phi) is 3.19. The number of hydrogen-bond donors (Lipinski definition) is 1. The van der Waals surface area contributed by atoms with E-state index in [0.29, 0.717) is 11.5 Å². The first-order valence-electron chi connectivity index (χ1n) is 7.58. The van der Waals surface area contributed by atoms with Gasteiger partial charge in [0.15, 0.2) is 0 Å². The SMILES string of the molecule is CC(N)C1(c2cccc(C3CCCCC3)c2)CC1. The Labute approximate surface area is 111 Å². The van der Waals surface area contributed by atoms with Crippen molar-refractivity contribution in [3.8, 4) is 0 Å². The Bertz CT molecular complexity index is 411. The van der Waals surface area contributed by atoms with Crippen molar-refractivity contribution in [2.24, 2.45) is 5.73 Å². The zero-order valence-corrected chi connectivity index (χ0v) is 11.5. The topological polar surface area (TPSA) is 26.0 Å². The lowest BCUT2D eigenvalue weighted by Crippen LogP contribution is -2.31. The van der Waals surface area contributed by atoms with Gasteiger partial charge in [-0.2, -0.15) is 0 Å². The highest BCUT2D eigenvalue weighted by Gasteiger charge is 2.47. The van der Waals surface area contributed by atoms with Crippen LogP contribution in [0.3, 0.4) is 0 Å². The van der Waals surface area contributed by atoms with Gasteiger partial charge in [0.1, 0.15) is 0 Å². The van der Waals surface area contributed by atoms with E-state index >= 15 is 0 Å². The average molecular weight is 243 g/mol. The van der Waals surface area contributed by atoms with Crippen molar-refractivity contribution in [1.29, 1.82) is 0 Å². The lowest BCUT2D eigenvalue weighted by Gasteiger charge is -2.25. The Morgan fingerprint density at radius 2 is 1.89 bits per heavy atom. The third-order valence-corrected chi connectivity index (χ3v) is 5.20. The average Bonchev–Trinajstić information content (AvgIpc) is 3.21. The first-order valence-corrected chi connectivity index (χ1v) is 7.58. The summed E-state index contributed by atoms with van der Waals surface area (Å²) in [6.07, 6.45) is 9.57. The van der Waals surface area contributed by atoms with Crippen molar-refractivity contribution < 1.29 is 0 Å². The van der Waals surface area contributed by atoms with Crippen molar-refractivity contribution >= 4 is 0 Å². The standard InChI is InChI=1S/C17H25N/c1-13(18)17(10-11-17)16-9-5-8-15(12-16)14-6-3-2-4-7-14/h5,8-9,12-14H,2-4,6-7,10-11,18H2,1H3. The smallest absolute Gasteiger partial charge is 0.0108 e. The Hall–Kier alpha value is -0.820. The van der Waals surface area contributed by atoms with Gasteiger partial charge in [-0.3, -0.25) is 0 Å². The molecule has 2 aliphatic carbocycles. The number of nitrogens with two attached hydrogens (primary N) is 1. The molecule has 98 valence electrons. The maximum Gasteiger partial charge on any atom is 0.0108 e. The van der Waals surface area contributed by atoms with Crippen LogP contribution in [0, 0.1) is 0 Å². The van der Waals surface area contributed by atoms with Gasteiger partial charge < -0.3 is 5.73 Å². The van der Waals surface area contributed by atoms with Crippen molar-refractivity contribution in [2.75, 3.05) is 0 Å². The molecule has 1 atom stereocenters. The van der Waals surface area contributed by atoms with Crippen LogP contribution in [0.25, 0.3) is 0 Å². The quantitative estimate of drug-likeness (QED) is 0.849. The molecule has 1 aromatic rings. The molecule has 0 spiro atoms. The van der Waals surface area contributed by atoms with Gasteiger partial charge >= 0.3 is 0 Å². The van der Waals surface area contributed by atoms with Crippen LogP contribution >= 0.6 is 0 Å². The van der Waals surface area contributed by atoms with Crippen molar-refractivity contribution in [3.05, 3.63) is 35.4 Å². The van der Waals surface area contributed by atoms with E-state index < -0.39 is 0 Å². The second-order valence-corrected chi connectivity index (χ2v) is 6.41. The molecule has 1 aromatic carbocycles. The highest BCUT2D eigenvalue weighted by molar-refractivity contribution is 5.37. The van der Waals surface area contributed by atoms with Gasteiger partial charge in [-0.15, -0.1) is 0 Å². The summed E-state index contributed by atoms with van der Waals surface area (Å²) in [5.74, 6) is 0.808. The summed E-state index contributed by atoms with van der Waals surface area (Å²) in [4.78, 5) is 0. The molecule has 2 N–H and O–H groups in total. The lowest BCUT2D eigenvalue weighted by atomic mass is 9.81. The highest BCUT2D eigenvalue weighted by atomic mass is 14.7. The maximum absolute atomic E-state index is 6.19. The largest absolute Gasteiger partial charge is 0.327 e. The van der Waals surface area contributed by atoms with Crippen LogP contribution in [0.4, 0.5) is 0 Å². The fourth-order valence-corrected chi connectivity index (χ4v) is 3.68. The molecule has 1 unspecified atom stereocenters. The van der Waals surface area contributed by atoms with E-state index in [4.69, 9.17) is 5.73 Å². The second kappa shape index (κ2) is 4.70. The molecule has 3 rings (SSSR count). The molecule has 2 fully saturated rings. The van der Waals surface area contributed by atoms with E-state index in [9.17, 15) is 0 Å². The van der Waals surface area contributed by atoms with E-state index in [1.165, 1.54) is 50.5 Å². The van der Waals surface area contributed by atoms with Gasteiger partial charge in [0, 0.05) is 11.5 Å². The Morgan fingerprint density at radius 3 is 2.50 bits per heavy atom. The first-order chi connectivity index (χ1) is 8.72. The van der Waals surface area contributed by atoms with Gasteiger partial charge in [-0.25, -0.2) is 0 Å². The summed E-state index contributed by atoms with van der Waals surface area (Å²) >= 11 is 0. The van der Waals surface area contributed by atoms with Crippen molar-refractivity contribution in [2.45, 2.75) is 69.2 Å². The van der Waals surface area contributed by atoms with Gasteiger partial charge in [-0.1, -0.05) is 43.5 Å². The monoisotopic (exact) mass is 243 g/mol. The summed E-state index contributed by atoms with van der Waals surface area (Å²) in [5, 5.41) is 0. The molecule has 1 heteroatoms. The molecule has 0 aromatic heterocycles. The zero-order chi connectivity index (χ0) is 12.6. The van der Waals surface area contributed by atoms with Crippen LogP contribution < -0.4 is 5.73 Å². The molecular formula is C17H25N. The molecule has 1 nitrogen and oxygen atoms in total. The molecule has 0 bridgehead atoms. The van der Waals surface area contributed by atoms with Crippen LogP contribution in [0.2, 0.25) is 0 Å². The highest BCUT2D eigenvalue weighted by Crippen LogP contribution is 2.50. The summed E-state index contributed by atoms with van der Waals surface area (Å²) in [7, 11) is 0. The van der Waals surface area contributed by atoms with Crippen LogP contribution in [0.1, 0.15) is 68.9 Å². The predicted octanol–water partition coefficient (Wildman–Crippen LogP) is 4.11. The fraction of sp³-hybridized carbons (Fsp3) is 0.647. The molecular weight excluding hydrogens is 218 g/mol. The van der Waals surface area contributed by atoms with Gasteiger partial charge in [-0.05, 0) is 49.7 Å². The van der Waals surface area contributed by atoms with Gasteiger partial charge in [0.2, 0.25) is 0 Å². The third-order valence-electron chi connectivity index (χ3n) is 5.20. The van der Waals surface area contributed by atoms with Crippen molar-refractivity contribution in [3.63, 3.8) is 0 Å². The van der Waals surface area contributed by atoms with Crippen LogP contribution in [-0.4, -0.2) is 6.04 Å². The molecule has 0 aliphatic heterocycles. The van der Waals surface area contributed by atoms with E-state index in [1.54, 1.807) is 5.56 Å².